The van der Waals surface area contributed by atoms with Gasteiger partial charge in [0.15, 0.2) is 9.84 Å². The van der Waals surface area contributed by atoms with Crippen LogP contribution in [0, 0.1) is 0 Å². The molecule has 2 fully saturated rings. The molecule has 0 aromatic carbocycles. The first-order valence-corrected chi connectivity index (χ1v) is 9.88. The summed E-state index contributed by atoms with van der Waals surface area (Å²) in [7, 11) is -2.99. The Morgan fingerprint density at radius 1 is 1.39 bits per heavy atom. The lowest BCUT2D eigenvalue weighted by Gasteiger charge is -2.26. The maximum atomic E-state index is 12.0. The fourth-order valence-corrected chi connectivity index (χ4v) is 4.95. The average molecular weight is 341 g/mol. The van der Waals surface area contributed by atoms with Crippen LogP contribution < -0.4 is 10.6 Å². The van der Waals surface area contributed by atoms with Crippen molar-refractivity contribution in [2.75, 3.05) is 31.1 Å². The van der Waals surface area contributed by atoms with E-state index in [0.717, 1.165) is 31.7 Å². The van der Waals surface area contributed by atoms with Gasteiger partial charge < -0.3 is 15.1 Å². The summed E-state index contributed by atoms with van der Waals surface area (Å²) in [6.45, 7) is 2.43. The zero-order valence-electron chi connectivity index (χ0n) is 13.0. The molecule has 2 N–H and O–H groups in total. The van der Waals surface area contributed by atoms with Crippen LogP contribution in [-0.2, 0) is 9.84 Å². The van der Waals surface area contributed by atoms with Crippen molar-refractivity contribution in [1.29, 1.82) is 0 Å². The second-order valence-corrected chi connectivity index (χ2v) is 8.46. The van der Waals surface area contributed by atoms with Crippen LogP contribution >= 0.6 is 0 Å². The van der Waals surface area contributed by atoms with Gasteiger partial charge in [-0.05, 0) is 44.5 Å². The summed E-state index contributed by atoms with van der Waals surface area (Å²) in [5, 5.41) is 5.60. The lowest BCUT2D eigenvalue weighted by Crippen LogP contribution is -2.45. The molecule has 2 atom stereocenters. The molecule has 0 bridgehead atoms. The van der Waals surface area contributed by atoms with E-state index in [-0.39, 0.29) is 29.6 Å². The van der Waals surface area contributed by atoms with Gasteiger partial charge in [0.05, 0.1) is 23.8 Å². The van der Waals surface area contributed by atoms with Crippen molar-refractivity contribution in [3.8, 4) is 0 Å². The Hall–Kier alpha value is -1.54. The molecule has 2 saturated heterocycles. The van der Waals surface area contributed by atoms with Crippen LogP contribution in [-0.4, -0.2) is 56.5 Å². The number of amides is 2. The highest BCUT2D eigenvalue weighted by atomic mass is 32.2. The number of nitrogens with zero attached hydrogens (tertiary/aromatic N) is 1. The monoisotopic (exact) mass is 341 g/mol. The van der Waals surface area contributed by atoms with Gasteiger partial charge in [-0.2, -0.15) is 0 Å². The molecule has 3 rings (SSSR count). The highest BCUT2D eigenvalue weighted by Gasteiger charge is 2.30. The molecular weight excluding hydrogens is 318 g/mol. The number of likely N-dealkylation sites (tertiary alicyclic amines) is 1. The third-order valence-electron chi connectivity index (χ3n) is 4.48. The molecule has 128 valence electrons. The Labute approximate surface area is 136 Å². The molecule has 2 aliphatic heterocycles. The fraction of sp³-hybridized carbons (Fsp3) is 0.667. The van der Waals surface area contributed by atoms with Crippen LogP contribution in [0.25, 0.3) is 0 Å². The first kappa shape index (κ1) is 16.3. The Bertz CT molecular complexity index is 623. The number of urea groups is 1. The highest BCUT2D eigenvalue weighted by molar-refractivity contribution is 7.91. The predicted octanol–water partition coefficient (Wildman–Crippen LogP) is 0.903. The molecule has 23 heavy (non-hydrogen) atoms. The van der Waals surface area contributed by atoms with Crippen molar-refractivity contribution in [2.24, 2.45) is 0 Å². The Kier molecular flexibility index (Phi) is 4.91. The maximum Gasteiger partial charge on any atom is 0.315 e. The minimum absolute atomic E-state index is 0.0190. The van der Waals surface area contributed by atoms with Crippen molar-refractivity contribution in [1.82, 2.24) is 15.5 Å². The molecule has 0 spiro atoms. The smallest absolute Gasteiger partial charge is 0.315 e. The molecular formula is C15H23N3O4S. The number of hydrogen-bond acceptors (Lipinski definition) is 5. The topological polar surface area (TPSA) is 91.7 Å². The molecule has 0 aliphatic carbocycles. The van der Waals surface area contributed by atoms with Crippen LogP contribution in [0.3, 0.4) is 0 Å². The highest BCUT2D eigenvalue weighted by Crippen LogP contribution is 2.24. The zero-order chi connectivity index (χ0) is 16.3. The van der Waals surface area contributed by atoms with Gasteiger partial charge in [0.25, 0.3) is 0 Å². The second kappa shape index (κ2) is 6.92. The Morgan fingerprint density at radius 3 is 2.78 bits per heavy atom. The molecule has 1 aromatic rings. The standard InChI is InChI=1S/C15H23N3O4S/c19-15(17-12-5-9-23(20,21)11-12)16-10-13(14-4-3-8-22-14)18-6-1-2-7-18/h3-4,8,12-13H,1-2,5-7,9-11H2,(H2,16,17,19). The van der Waals surface area contributed by atoms with Crippen molar-refractivity contribution in [3.05, 3.63) is 24.2 Å². The van der Waals surface area contributed by atoms with Crippen LogP contribution in [0.15, 0.2) is 22.8 Å². The first-order chi connectivity index (χ1) is 11.0. The molecule has 2 unspecified atom stereocenters. The van der Waals surface area contributed by atoms with Gasteiger partial charge in [0.2, 0.25) is 0 Å². The lowest BCUT2D eigenvalue weighted by atomic mass is 10.2. The fourth-order valence-electron chi connectivity index (χ4n) is 3.28. The van der Waals surface area contributed by atoms with Crippen LogP contribution in [0.2, 0.25) is 0 Å². The minimum atomic E-state index is -2.99. The third-order valence-corrected chi connectivity index (χ3v) is 6.24. The lowest BCUT2D eigenvalue weighted by molar-refractivity contribution is 0.202. The summed E-state index contributed by atoms with van der Waals surface area (Å²) in [5.74, 6) is 1.03. The maximum absolute atomic E-state index is 12.0. The van der Waals surface area contributed by atoms with Crippen molar-refractivity contribution >= 4 is 15.9 Å². The molecule has 3 heterocycles. The van der Waals surface area contributed by atoms with E-state index >= 15 is 0 Å². The van der Waals surface area contributed by atoms with E-state index in [1.165, 1.54) is 0 Å². The van der Waals surface area contributed by atoms with Crippen molar-refractivity contribution in [2.45, 2.75) is 31.3 Å². The summed E-state index contributed by atoms with van der Waals surface area (Å²) < 4.78 is 28.4. The summed E-state index contributed by atoms with van der Waals surface area (Å²) in [6.07, 6.45) is 4.44. The zero-order valence-corrected chi connectivity index (χ0v) is 13.8. The van der Waals surface area contributed by atoms with Crippen LogP contribution in [0.5, 0.6) is 0 Å². The predicted molar refractivity (Wildman–Crippen MR) is 85.8 cm³/mol. The number of hydrogen-bond donors (Lipinski definition) is 2. The second-order valence-electron chi connectivity index (χ2n) is 6.23. The molecule has 2 aliphatic rings. The average Bonchev–Trinajstić information content (AvgIpc) is 3.22. The van der Waals surface area contributed by atoms with E-state index in [1.807, 2.05) is 12.1 Å². The number of nitrogens with one attached hydrogen (secondary N) is 2. The van der Waals surface area contributed by atoms with E-state index in [4.69, 9.17) is 4.42 Å². The van der Waals surface area contributed by atoms with Gasteiger partial charge in [0, 0.05) is 12.6 Å². The molecule has 8 heteroatoms. The Morgan fingerprint density at radius 2 is 2.17 bits per heavy atom. The van der Waals surface area contributed by atoms with Gasteiger partial charge in [-0.25, -0.2) is 13.2 Å². The van der Waals surface area contributed by atoms with E-state index in [2.05, 4.69) is 15.5 Å². The minimum Gasteiger partial charge on any atom is -0.468 e. The summed E-state index contributed by atoms with van der Waals surface area (Å²) in [6, 6.07) is 3.19. The van der Waals surface area contributed by atoms with Gasteiger partial charge in [0.1, 0.15) is 5.76 Å². The van der Waals surface area contributed by atoms with E-state index in [1.54, 1.807) is 6.26 Å². The van der Waals surface area contributed by atoms with Gasteiger partial charge in [-0.1, -0.05) is 0 Å². The number of carbonyl (C=O) groups is 1. The van der Waals surface area contributed by atoms with E-state index < -0.39 is 9.84 Å². The number of furan rings is 1. The SMILES string of the molecule is O=C(NCC(c1ccco1)N1CCCC1)NC1CCS(=O)(=O)C1. The van der Waals surface area contributed by atoms with Crippen LogP contribution in [0.4, 0.5) is 4.79 Å². The quantitative estimate of drug-likeness (QED) is 0.830. The van der Waals surface area contributed by atoms with Crippen molar-refractivity contribution < 1.29 is 17.6 Å². The number of rotatable bonds is 5. The van der Waals surface area contributed by atoms with E-state index in [0.29, 0.717) is 13.0 Å². The van der Waals surface area contributed by atoms with Crippen molar-refractivity contribution in [3.63, 3.8) is 0 Å². The normalized spacial score (nSPS) is 25.3. The summed E-state index contributed by atoms with van der Waals surface area (Å²) in [4.78, 5) is 14.3. The first-order valence-electron chi connectivity index (χ1n) is 8.06. The Balaban J connectivity index is 1.53. The van der Waals surface area contributed by atoms with Gasteiger partial charge >= 0.3 is 6.03 Å². The number of carbonyl (C=O) groups excluding carboxylic acids is 1. The molecule has 0 saturated carbocycles. The molecule has 1 aromatic heterocycles. The summed E-state index contributed by atoms with van der Waals surface area (Å²) >= 11 is 0. The molecule has 7 nitrogen and oxygen atoms in total. The van der Waals surface area contributed by atoms with Gasteiger partial charge in [-0.15, -0.1) is 0 Å². The van der Waals surface area contributed by atoms with E-state index in [9.17, 15) is 13.2 Å². The third kappa shape index (κ3) is 4.26. The largest absolute Gasteiger partial charge is 0.468 e. The molecule has 0 radical (unpaired) electrons. The summed E-state index contributed by atoms with van der Waals surface area (Å²) in [5.41, 5.74) is 0. The molecule has 2 amide bonds. The number of sulfone groups is 1. The van der Waals surface area contributed by atoms with Gasteiger partial charge in [-0.3, -0.25) is 4.90 Å². The van der Waals surface area contributed by atoms with Crippen LogP contribution in [0.1, 0.15) is 31.1 Å².